The van der Waals surface area contributed by atoms with Crippen LogP contribution in [0.5, 0.6) is 0 Å². The lowest BCUT2D eigenvalue weighted by atomic mass is 10.0. The van der Waals surface area contributed by atoms with Crippen molar-refractivity contribution in [1.29, 1.82) is 0 Å². The molecule has 7 heteroatoms. The molecule has 2 aliphatic rings. The lowest BCUT2D eigenvalue weighted by molar-refractivity contribution is 0.201. The molecule has 28 heavy (non-hydrogen) atoms. The van der Waals surface area contributed by atoms with Crippen molar-refractivity contribution >= 4 is 17.4 Å². The zero-order valence-electron chi connectivity index (χ0n) is 17.5. The number of hydrogen-bond acceptors (Lipinski definition) is 5. The fourth-order valence-corrected chi connectivity index (χ4v) is 4.32. The Balaban J connectivity index is 1.48. The van der Waals surface area contributed by atoms with Crippen molar-refractivity contribution in [3.63, 3.8) is 0 Å². The topological polar surface area (TPSA) is 62.3 Å². The standard InChI is InChI=1S/C21H35N5O2/c1-23(2)10-4-11-24(3)19-5-7-20(8-6-19)25-13-17-15-26(16-18(17)14-25)21(28)22-9-12-27/h5-8,17-18,27H,4,9-16H2,1-3H3,(H,22,28)/t17-,18+. The van der Waals surface area contributed by atoms with E-state index in [2.05, 4.69) is 65.4 Å². The number of rotatable bonds is 8. The average Bonchev–Trinajstić information content (AvgIpc) is 3.25. The van der Waals surface area contributed by atoms with Gasteiger partial charge in [0.2, 0.25) is 0 Å². The lowest BCUT2D eigenvalue weighted by Crippen LogP contribution is -2.41. The number of carbonyl (C=O) groups is 1. The van der Waals surface area contributed by atoms with Crippen molar-refractivity contribution in [2.45, 2.75) is 6.42 Å². The molecule has 0 unspecified atom stereocenters. The van der Waals surface area contributed by atoms with Crippen molar-refractivity contribution in [3.05, 3.63) is 24.3 Å². The monoisotopic (exact) mass is 389 g/mol. The third-order valence-corrected chi connectivity index (χ3v) is 5.92. The maximum Gasteiger partial charge on any atom is 0.317 e. The molecule has 0 radical (unpaired) electrons. The molecule has 3 rings (SSSR count). The van der Waals surface area contributed by atoms with Gasteiger partial charge in [0.15, 0.2) is 0 Å². The summed E-state index contributed by atoms with van der Waals surface area (Å²) in [6, 6.07) is 8.84. The first kappa shape index (κ1) is 20.7. The molecule has 156 valence electrons. The van der Waals surface area contributed by atoms with E-state index in [9.17, 15) is 4.79 Å². The van der Waals surface area contributed by atoms with Gasteiger partial charge in [-0.05, 0) is 51.3 Å². The molecule has 0 bridgehead atoms. The van der Waals surface area contributed by atoms with Gasteiger partial charge in [0.25, 0.3) is 0 Å². The zero-order valence-corrected chi connectivity index (χ0v) is 17.5. The molecule has 0 saturated carbocycles. The summed E-state index contributed by atoms with van der Waals surface area (Å²) in [6.07, 6.45) is 1.16. The quantitative estimate of drug-likeness (QED) is 0.698. The van der Waals surface area contributed by atoms with E-state index in [1.807, 2.05) is 4.90 Å². The summed E-state index contributed by atoms with van der Waals surface area (Å²) in [7, 11) is 6.38. The summed E-state index contributed by atoms with van der Waals surface area (Å²) in [5.41, 5.74) is 2.53. The number of likely N-dealkylation sites (tertiary alicyclic amines) is 1. The summed E-state index contributed by atoms with van der Waals surface area (Å²) in [4.78, 5) is 21.0. The predicted molar refractivity (Wildman–Crippen MR) is 114 cm³/mol. The molecule has 2 fully saturated rings. The summed E-state index contributed by atoms with van der Waals surface area (Å²) >= 11 is 0. The van der Waals surface area contributed by atoms with Crippen LogP contribution in [0.2, 0.25) is 0 Å². The fourth-order valence-electron chi connectivity index (χ4n) is 4.32. The Kier molecular flexibility index (Phi) is 7.02. The van der Waals surface area contributed by atoms with Crippen LogP contribution >= 0.6 is 0 Å². The third-order valence-electron chi connectivity index (χ3n) is 5.92. The van der Waals surface area contributed by atoms with Gasteiger partial charge in [0, 0.05) is 69.5 Å². The van der Waals surface area contributed by atoms with Gasteiger partial charge in [-0.3, -0.25) is 0 Å². The van der Waals surface area contributed by atoms with Crippen LogP contribution in [0.15, 0.2) is 24.3 Å². The van der Waals surface area contributed by atoms with Gasteiger partial charge in [0.05, 0.1) is 6.61 Å². The van der Waals surface area contributed by atoms with Crippen molar-refractivity contribution in [1.82, 2.24) is 15.1 Å². The first-order chi connectivity index (χ1) is 13.5. The van der Waals surface area contributed by atoms with Crippen LogP contribution in [0.25, 0.3) is 0 Å². The molecule has 1 aromatic rings. The predicted octanol–water partition coefficient (Wildman–Crippen LogP) is 1.14. The molecule has 0 aliphatic carbocycles. The van der Waals surface area contributed by atoms with Crippen LogP contribution in [0.3, 0.4) is 0 Å². The second-order valence-corrected chi connectivity index (χ2v) is 8.38. The van der Waals surface area contributed by atoms with Gasteiger partial charge in [-0.15, -0.1) is 0 Å². The highest BCUT2D eigenvalue weighted by Gasteiger charge is 2.41. The van der Waals surface area contributed by atoms with Gasteiger partial charge in [-0.2, -0.15) is 0 Å². The number of aliphatic hydroxyl groups is 1. The smallest absolute Gasteiger partial charge is 0.317 e. The normalized spacial score (nSPS) is 21.3. The van der Waals surface area contributed by atoms with Crippen molar-refractivity contribution in [3.8, 4) is 0 Å². The molecule has 0 aromatic heterocycles. The first-order valence-corrected chi connectivity index (χ1v) is 10.3. The summed E-state index contributed by atoms with van der Waals surface area (Å²) < 4.78 is 0. The zero-order chi connectivity index (χ0) is 20.1. The number of benzene rings is 1. The van der Waals surface area contributed by atoms with Gasteiger partial charge >= 0.3 is 6.03 Å². The number of nitrogens with zero attached hydrogens (tertiary/aromatic N) is 4. The van der Waals surface area contributed by atoms with Crippen LogP contribution in [0, 0.1) is 11.8 Å². The minimum absolute atomic E-state index is 0.0128. The number of anilines is 2. The van der Waals surface area contributed by atoms with Crippen molar-refractivity contribution in [2.75, 3.05) is 83.4 Å². The number of urea groups is 1. The van der Waals surface area contributed by atoms with Gasteiger partial charge < -0.3 is 30.0 Å². The second-order valence-electron chi connectivity index (χ2n) is 8.38. The molecule has 2 atom stereocenters. The minimum Gasteiger partial charge on any atom is -0.395 e. The van der Waals surface area contributed by atoms with E-state index in [4.69, 9.17) is 5.11 Å². The van der Waals surface area contributed by atoms with Crippen LogP contribution < -0.4 is 15.1 Å². The summed E-state index contributed by atoms with van der Waals surface area (Å²) in [5.74, 6) is 1.07. The van der Waals surface area contributed by atoms with Crippen LogP contribution in [-0.2, 0) is 0 Å². The Morgan fingerprint density at radius 1 is 1.07 bits per heavy atom. The van der Waals surface area contributed by atoms with E-state index in [0.717, 1.165) is 45.7 Å². The van der Waals surface area contributed by atoms with E-state index in [1.54, 1.807) is 0 Å². The summed E-state index contributed by atoms with van der Waals surface area (Å²) in [6.45, 7) is 6.11. The SMILES string of the molecule is CN(C)CCCN(C)c1ccc(N2C[C@H]3CN(C(=O)NCCO)C[C@H]3C2)cc1. The van der Waals surface area contributed by atoms with E-state index >= 15 is 0 Å². The van der Waals surface area contributed by atoms with E-state index in [1.165, 1.54) is 11.4 Å². The average molecular weight is 390 g/mol. The minimum atomic E-state index is -0.0448. The Morgan fingerprint density at radius 3 is 2.29 bits per heavy atom. The molecule has 2 N–H and O–H groups in total. The molecule has 2 saturated heterocycles. The van der Waals surface area contributed by atoms with E-state index in [-0.39, 0.29) is 12.6 Å². The van der Waals surface area contributed by atoms with Gasteiger partial charge in [-0.25, -0.2) is 4.79 Å². The van der Waals surface area contributed by atoms with Crippen LogP contribution in [-0.4, -0.2) is 94.5 Å². The molecule has 2 aliphatic heterocycles. The number of nitrogens with one attached hydrogen (secondary N) is 1. The fraction of sp³-hybridized carbons (Fsp3) is 0.667. The molecule has 2 heterocycles. The molecule has 7 nitrogen and oxygen atoms in total. The molecular formula is C21H35N5O2. The Hall–Kier alpha value is -1.99. The number of hydrogen-bond donors (Lipinski definition) is 2. The Labute approximate surface area is 168 Å². The number of carbonyl (C=O) groups excluding carboxylic acids is 1. The van der Waals surface area contributed by atoms with Crippen LogP contribution in [0.1, 0.15) is 6.42 Å². The highest BCUT2D eigenvalue weighted by Crippen LogP contribution is 2.34. The van der Waals surface area contributed by atoms with Crippen molar-refractivity contribution in [2.24, 2.45) is 11.8 Å². The Bertz CT molecular complexity index is 622. The van der Waals surface area contributed by atoms with Crippen molar-refractivity contribution < 1.29 is 9.90 Å². The number of amides is 2. The van der Waals surface area contributed by atoms with Crippen LogP contribution in [0.4, 0.5) is 16.2 Å². The number of aliphatic hydroxyl groups excluding tert-OH is 1. The maximum atomic E-state index is 12.1. The Morgan fingerprint density at radius 2 is 1.71 bits per heavy atom. The highest BCUT2D eigenvalue weighted by molar-refractivity contribution is 5.74. The molecule has 2 amide bonds. The summed E-state index contributed by atoms with van der Waals surface area (Å²) in [5, 5.41) is 11.6. The second kappa shape index (κ2) is 9.47. The number of fused-ring (bicyclic) bond motifs is 1. The lowest BCUT2D eigenvalue weighted by Gasteiger charge is -2.25. The van der Waals surface area contributed by atoms with E-state index < -0.39 is 0 Å². The van der Waals surface area contributed by atoms with E-state index in [0.29, 0.717) is 18.4 Å². The van der Waals surface area contributed by atoms with Gasteiger partial charge in [0.1, 0.15) is 0 Å². The maximum absolute atomic E-state index is 12.1. The molecule has 1 aromatic carbocycles. The molecule has 0 spiro atoms. The highest BCUT2D eigenvalue weighted by atomic mass is 16.3. The largest absolute Gasteiger partial charge is 0.395 e. The van der Waals surface area contributed by atoms with Gasteiger partial charge in [-0.1, -0.05) is 0 Å². The molecular weight excluding hydrogens is 354 g/mol. The first-order valence-electron chi connectivity index (χ1n) is 10.3. The third kappa shape index (κ3) is 5.08.